The molecule has 98 valence electrons. The van der Waals surface area contributed by atoms with Crippen LogP contribution in [0.25, 0.3) is 10.4 Å². The highest BCUT2D eigenvalue weighted by atomic mass is 15.1. The Bertz CT molecular complexity index is 361. The second-order valence-electron chi connectivity index (χ2n) is 5.78. The molecule has 1 N–H and O–H groups in total. The second-order valence-corrected chi connectivity index (χ2v) is 5.78. The highest BCUT2D eigenvalue weighted by Crippen LogP contribution is 2.50. The summed E-state index contributed by atoms with van der Waals surface area (Å²) in [5, 5.41) is 16.2. The molecule has 0 atom stereocenters. The summed E-state index contributed by atoms with van der Waals surface area (Å²) in [6, 6.07) is 2.45. The van der Waals surface area contributed by atoms with E-state index in [-0.39, 0.29) is 5.54 Å². The smallest absolute Gasteiger partial charge is 0.106 e. The fraction of sp³-hybridized carbons (Fsp3) is 0.923. The third kappa shape index (κ3) is 2.77. The largest absolute Gasteiger partial charge is 0.299 e. The van der Waals surface area contributed by atoms with Gasteiger partial charge in [-0.3, -0.25) is 5.32 Å². The van der Waals surface area contributed by atoms with Gasteiger partial charge in [-0.05, 0) is 49.5 Å². The topological polar surface area (TPSA) is 84.6 Å². The summed E-state index contributed by atoms with van der Waals surface area (Å²) in [6.07, 6.45) is 9.68. The zero-order chi connectivity index (χ0) is 12.9. The van der Waals surface area contributed by atoms with Crippen molar-refractivity contribution < 1.29 is 0 Å². The maximum atomic E-state index is 9.41. The average Bonchev–Trinajstić information content (AvgIpc) is 2.86. The van der Waals surface area contributed by atoms with Gasteiger partial charge in [0.1, 0.15) is 5.54 Å². The molecule has 0 amide bonds. The molecule has 0 saturated heterocycles. The van der Waals surface area contributed by atoms with Crippen LogP contribution in [0, 0.1) is 16.7 Å². The summed E-state index contributed by atoms with van der Waals surface area (Å²) >= 11 is 0. The molecular weight excluding hydrogens is 226 g/mol. The Morgan fingerprint density at radius 3 is 2.39 bits per heavy atom. The molecule has 2 saturated carbocycles. The Hall–Kier alpha value is -1.24. The van der Waals surface area contributed by atoms with E-state index in [9.17, 15) is 5.26 Å². The van der Waals surface area contributed by atoms with Crippen molar-refractivity contribution in [2.24, 2.45) is 10.5 Å². The molecule has 0 aromatic carbocycles. The van der Waals surface area contributed by atoms with E-state index in [4.69, 9.17) is 5.53 Å². The SMILES string of the molecule is N#CC1(NCCN=[N+]=[N-])CCC2(CCCC2)CC1. The molecule has 0 aromatic heterocycles. The van der Waals surface area contributed by atoms with Gasteiger partial charge in [-0.1, -0.05) is 18.0 Å². The standard InChI is InChI=1S/C13H21N5/c14-11-13(16-9-10-17-18-15)7-5-12(6-8-13)3-1-2-4-12/h16H,1-10H2. The summed E-state index contributed by atoms with van der Waals surface area (Å²) in [4.78, 5) is 2.73. The molecule has 0 aliphatic heterocycles. The van der Waals surface area contributed by atoms with Gasteiger partial charge in [0.2, 0.25) is 0 Å². The number of hydrogen-bond donors (Lipinski definition) is 1. The van der Waals surface area contributed by atoms with Gasteiger partial charge in [-0.2, -0.15) is 5.26 Å². The van der Waals surface area contributed by atoms with Crippen molar-refractivity contribution in [3.8, 4) is 6.07 Å². The van der Waals surface area contributed by atoms with Crippen LogP contribution >= 0.6 is 0 Å². The number of rotatable bonds is 4. The molecule has 18 heavy (non-hydrogen) atoms. The van der Waals surface area contributed by atoms with Gasteiger partial charge >= 0.3 is 0 Å². The number of hydrogen-bond acceptors (Lipinski definition) is 3. The monoisotopic (exact) mass is 247 g/mol. The van der Waals surface area contributed by atoms with Gasteiger partial charge in [0, 0.05) is 18.0 Å². The van der Waals surface area contributed by atoms with E-state index in [1.165, 1.54) is 38.5 Å². The molecule has 2 rings (SSSR count). The van der Waals surface area contributed by atoms with Crippen molar-refractivity contribution in [2.45, 2.75) is 56.9 Å². The molecule has 0 aromatic rings. The third-order valence-electron chi connectivity index (χ3n) is 4.78. The Morgan fingerprint density at radius 2 is 1.83 bits per heavy atom. The molecule has 2 aliphatic carbocycles. The fourth-order valence-electron chi connectivity index (χ4n) is 3.55. The van der Waals surface area contributed by atoms with Crippen LogP contribution in [0.15, 0.2) is 5.11 Å². The molecule has 2 aliphatic rings. The Morgan fingerprint density at radius 1 is 1.17 bits per heavy atom. The van der Waals surface area contributed by atoms with Crippen LogP contribution < -0.4 is 5.32 Å². The predicted molar refractivity (Wildman–Crippen MR) is 69.7 cm³/mol. The van der Waals surface area contributed by atoms with Gasteiger partial charge in [0.25, 0.3) is 0 Å². The summed E-state index contributed by atoms with van der Waals surface area (Å²) in [5.74, 6) is 0. The molecule has 0 heterocycles. The Labute approximate surface area is 108 Å². The van der Waals surface area contributed by atoms with E-state index in [0.717, 1.165) is 12.8 Å². The predicted octanol–water partition coefficient (Wildman–Crippen LogP) is 3.28. The molecule has 0 radical (unpaired) electrons. The summed E-state index contributed by atoms with van der Waals surface area (Å²) in [6.45, 7) is 1.02. The van der Waals surface area contributed by atoms with E-state index in [1.807, 2.05) is 0 Å². The lowest BCUT2D eigenvalue weighted by Crippen LogP contribution is -2.49. The van der Waals surface area contributed by atoms with Crippen LogP contribution in [0.2, 0.25) is 0 Å². The van der Waals surface area contributed by atoms with Crippen molar-refractivity contribution in [3.63, 3.8) is 0 Å². The molecule has 0 unspecified atom stereocenters. The van der Waals surface area contributed by atoms with Gasteiger partial charge < -0.3 is 0 Å². The highest BCUT2D eigenvalue weighted by molar-refractivity contribution is 5.11. The molecule has 2 fully saturated rings. The molecule has 1 spiro atoms. The quantitative estimate of drug-likeness (QED) is 0.358. The first kappa shape index (κ1) is 13.2. The summed E-state index contributed by atoms with van der Waals surface area (Å²) < 4.78 is 0. The zero-order valence-corrected chi connectivity index (χ0v) is 10.9. The summed E-state index contributed by atoms with van der Waals surface area (Å²) in [5.41, 5.74) is 8.40. The van der Waals surface area contributed by atoms with E-state index < -0.39 is 0 Å². The minimum Gasteiger partial charge on any atom is -0.299 e. The van der Waals surface area contributed by atoms with Crippen molar-refractivity contribution in [1.82, 2.24) is 5.32 Å². The van der Waals surface area contributed by atoms with Gasteiger partial charge in [-0.15, -0.1) is 0 Å². The van der Waals surface area contributed by atoms with Crippen LogP contribution in [0.4, 0.5) is 0 Å². The first-order valence-corrected chi connectivity index (χ1v) is 6.91. The van der Waals surface area contributed by atoms with Crippen LogP contribution in [-0.2, 0) is 0 Å². The van der Waals surface area contributed by atoms with Crippen molar-refractivity contribution in [1.29, 1.82) is 5.26 Å². The maximum absolute atomic E-state index is 9.41. The van der Waals surface area contributed by atoms with Crippen molar-refractivity contribution in [3.05, 3.63) is 10.4 Å². The summed E-state index contributed by atoms with van der Waals surface area (Å²) in [7, 11) is 0. The van der Waals surface area contributed by atoms with E-state index >= 15 is 0 Å². The van der Waals surface area contributed by atoms with E-state index in [2.05, 4.69) is 21.4 Å². The Balaban J connectivity index is 1.87. The number of nitrogens with one attached hydrogen (secondary N) is 1. The van der Waals surface area contributed by atoms with Gasteiger partial charge in [0.15, 0.2) is 0 Å². The number of azide groups is 1. The van der Waals surface area contributed by atoms with E-state index in [1.54, 1.807) is 0 Å². The first-order valence-electron chi connectivity index (χ1n) is 6.91. The average molecular weight is 247 g/mol. The Kier molecular flexibility index (Phi) is 4.11. The van der Waals surface area contributed by atoms with Crippen LogP contribution in [-0.4, -0.2) is 18.6 Å². The van der Waals surface area contributed by atoms with Gasteiger partial charge in [-0.25, -0.2) is 0 Å². The normalized spacial score (nSPS) is 24.4. The lowest BCUT2D eigenvalue weighted by Gasteiger charge is -2.42. The third-order valence-corrected chi connectivity index (χ3v) is 4.78. The molecular formula is C13H21N5. The van der Waals surface area contributed by atoms with Gasteiger partial charge in [0.05, 0.1) is 6.07 Å². The van der Waals surface area contributed by atoms with Crippen LogP contribution in [0.5, 0.6) is 0 Å². The molecule has 5 nitrogen and oxygen atoms in total. The first-order chi connectivity index (χ1) is 8.74. The molecule has 0 bridgehead atoms. The van der Waals surface area contributed by atoms with Crippen LogP contribution in [0.1, 0.15) is 51.4 Å². The zero-order valence-electron chi connectivity index (χ0n) is 10.9. The highest BCUT2D eigenvalue weighted by Gasteiger charge is 2.43. The maximum Gasteiger partial charge on any atom is 0.106 e. The number of nitriles is 1. The van der Waals surface area contributed by atoms with E-state index in [0.29, 0.717) is 18.5 Å². The fourth-order valence-corrected chi connectivity index (χ4v) is 3.55. The van der Waals surface area contributed by atoms with Crippen LogP contribution in [0.3, 0.4) is 0 Å². The lowest BCUT2D eigenvalue weighted by molar-refractivity contribution is 0.140. The second kappa shape index (κ2) is 5.60. The minimum absolute atomic E-state index is 0.376. The van der Waals surface area contributed by atoms with Crippen molar-refractivity contribution in [2.75, 3.05) is 13.1 Å². The minimum atomic E-state index is -0.376. The van der Waals surface area contributed by atoms with Crippen molar-refractivity contribution >= 4 is 0 Å². The number of nitrogens with zero attached hydrogens (tertiary/aromatic N) is 4. The lowest BCUT2D eigenvalue weighted by atomic mass is 9.67. The molecule has 5 heteroatoms.